The van der Waals surface area contributed by atoms with Crippen LogP contribution >= 0.6 is 11.3 Å². The molecule has 1 saturated heterocycles. The first-order valence-corrected chi connectivity index (χ1v) is 11.5. The maximum Gasteiger partial charge on any atom is 0.253 e. The third kappa shape index (κ3) is 4.59. The number of amides is 1. The summed E-state index contributed by atoms with van der Waals surface area (Å²) in [7, 11) is -1.77. The molecule has 3 rings (SSSR count). The maximum absolute atomic E-state index is 12.9. The highest BCUT2D eigenvalue weighted by Crippen LogP contribution is 2.27. The standard InChI is InChI=1S/C20H26N2O3S2/c1-15-11-16(2)13-22(12-15)27(24,25)19-8-6-17(7-9-19)20(23)21(3)14-18-5-4-10-26-18/h4-10,15-16H,11-14H2,1-3H3/t15-,16+. The third-order valence-electron chi connectivity index (χ3n) is 4.89. The number of carbonyl (C=O) groups excluding carboxylic acids is 1. The van der Waals surface area contributed by atoms with Crippen molar-refractivity contribution < 1.29 is 13.2 Å². The molecule has 2 aromatic rings. The highest BCUT2D eigenvalue weighted by atomic mass is 32.2. The van der Waals surface area contributed by atoms with Crippen LogP contribution in [0.15, 0.2) is 46.7 Å². The normalized spacial score (nSPS) is 21.1. The average Bonchev–Trinajstić information content (AvgIpc) is 3.13. The van der Waals surface area contributed by atoms with Crippen LogP contribution in [0, 0.1) is 11.8 Å². The molecule has 0 spiro atoms. The zero-order valence-electron chi connectivity index (χ0n) is 16.0. The second-order valence-electron chi connectivity index (χ2n) is 7.53. The predicted octanol–water partition coefficient (Wildman–Crippen LogP) is 3.69. The SMILES string of the molecule is C[C@@H]1C[C@H](C)CN(S(=O)(=O)c2ccc(C(=O)N(C)Cc3cccs3)cc2)C1. The topological polar surface area (TPSA) is 57.7 Å². The molecule has 5 nitrogen and oxygen atoms in total. The summed E-state index contributed by atoms with van der Waals surface area (Å²) >= 11 is 1.61. The highest BCUT2D eigenvalue weighted by Gasteiger charge is 2.31. The summed E-state index contributed by atoms with van der Waals surface area (Å²) in [5.41, 5.74) is 0.494. The maximum atomic E-state index is 12.9. The molecule has 0 aliphatic carbocycles. The Balaban J connectivity index is 1.73. The van der Waals surface area contributed by atoms with Gasteiger partial charge >= 0.3 is 0 Å². The van der Waals surface area contributed by atoms with Gasteiger partial charge in [0.1, 0.15) is 0 Å². The molecule has 1 fully saturated rings. The second kappa shape index (κ2) is 8.12. The van der Waals surface area contributed by atoms with Gasteiger partial charge in [0.2, 0.25) is 10.0 Å². The van der Waals surface area contributed by atoms with Gasteiger partial charge in [-0.3, -0.25) is 4.79 Å². The fraction of sp³-hybridized carbons (Fsp3) is 0.450. The van der Waals surface area contributed by atoms with E-state index in [1.54, 1.807) is 51.9 Å². The first kappa shape index (κ1) is 20.0. The lowest BCUT2D eigenvalue weighted by molar-refractivity contribution is 0.0786. The van der Waals surface area contributed by atoms with Gasteiger partial charge < -0.3 is 4.90 Å². The molecule has 0 bridgehead atoms. The van der Waals surface area contributed by atoms with Crippen LogP contribution in [0.3, 0.4) is 0 Å². The van der Waals surface area contributed by atoms with Gasteiger partial charge in [-0.25, -0.2) is 8.42 Å². The number of carbonyl (C=O) groups is 1. The Labute approximate surface area is 165 Å². The molecular formula is C20H26N2O3S2. The van der Waals surface area contributed by atoms with Crippen LogP contribution in [-0.4, -0.2) is 43.7 Å². The van der Waals surface area contributed by atoms with Crippen molar-refractivity contribution >= 4 is 27.3 Å². The van der Waals surface area contributed by atoms with E-state index in [0.29, 0.717) is 37.0 Å². The van der Waals surface area contributed by atoms with Gasteiger partial charge in [-0.1, -0.05) is 19.9 Å². The number of benzene rings is 1. The lowest BCUT2D eigenvalue weighted by Crippen LogP contribution is -2.42. The Morgan fingerprint density at radius 3 is 2.33 bits per heavy atom. The average molecular weight is 407 g/mol. The molecule has 2 atom stereocenters. The zero-order valence-corrected chi connectivity index (χ0v) is 17.6. The monoisotopic (exact) mass is 406 g/mol. The molecule has 2 heterocycles. The first-order chi connectivity index (χ1) is 12.8. The minimum absolute atomic E-state index is 0.118. The molecular weight excluding hydrogens is 380 g/mol. The summed E-state index contributed by atoms with van der Waals surface area (Å²) in [6.07, 6.45) is 1.05. The van der Waals surface area contributed by atoms with Crippen LogP contribution < -0.4 is 0 Å². The van der Waals surface area contributed by atoms with Gasteiger partial charge in [-0.2, -0.15) is 4.31 Å². The number of hydrogen-bond acceptors (Lipinski definition) is 4. The Kier molecular flexibility index (Phi) is 6.03. The minimum Gasteiger partial charge on any atom is -0.337 e. The smallest absolute Gasteiger partial charge is 0.253 e. The van der Waals surface area contributed by atoms with E-state index in [1.807, 2.05) is 17.5 Å². The van der Waals surface area contributed by atoms with E-state index in [1.165, 1.54) is 0 Å². The Morgan fingerprint density at radius 1 is 1.15 bits per heavy atom. The van der Waals surface area contributed by atoms with Crippen molar-refractivity contribution in [2.45, 2.75) is 31.7 Å². The van der Waals surface area contributed by atoms with Crippen LogP contribution in [-0.2, 0) is 16.6 Å². The van der Waals surface area contributed by atoms with Crippen molar-refractivity contribution in [2.75, 3.05) is 20.1 Å². The Morgan fingerprint density at radius 2 is 1.78 bits per heavy atom. The van der Waals surface area contributed by atoms with Crippen molar-refractivity contribution in [1.29, 1.82) is 0 Å². The van der Waals surface area contributed by atoms with Gasteiger partial charge in [0.15, 0.2) is 0 Å². The van der Waals surface area contributed by atoms with Crippen molar-refractivity contribution in [3.63, 3.8) is 0 Å². The third-order valence-corrected chi connectivity index (χ3v) is 7.60. The molecule has 1 aliphatic heterocycles. The van der Waals surface area contributed by atoms with Crippen molar-refractivity contribution in [3.8, 4) is 0 Å². The number of hydrogen-bond donors (Lipinski definition) is 0. The number of sulfonamides is 1. The molecule has 27 heavy (non-hydrogen) atoms. The molecule has 1 amide bonds. The number of piperidine rings is 1. The van der Waals surface area contributed by atoms with E-state index in [-0.39, 0.29) is 10.8 Å². The molecule has 1 aromatic carbocycles. The fourth-order valence-electron chi connectivity index (χ4n) is 3.65. The van der Waals surface area contributed by atoms with Gasteiger partial charge in [-0.05, 0) is 54.0 Å². The quantitative estimate of drug-likeness (QED) is 0.761. The molecule has 1 aliphatic rings. The van der Waals surface area contributed by atoms with E-state index in [9.17, 15) is 13.2 Å². The van der Waals surface area contributed by atoms with Gasteiger partial charge in [0, 0.05) is 30.6 Å². The fourth-order valence-corrected chi connectivity index (χ4v) is 6.09. The summed E-state index contributed by atoms with van der Waals surface area (Å²) in [5, 5.41) is 1.98. The molecule has 0 N–H and O–H groups in total. The molecule has 0 radical (unpaired) electrons. The summed E-state index contributed by atoms with van der Waals surface area (Å²) in [6.45, 7) is 5.82. The first-order valence-electron chi connectivity index (χ1n) is 9.15. The van der Waals surface area contributed by atoms with E-state index in [0.717, 1.165) is 11.3 Å². The largest absolute Gasteiger partial charge is 0.337 e. The van der Waals surface area contributed by atoms with Crippen LogP contribution in [0.5, 0.6) is 0 Å². The van der Waals surface area contributed by atoms with Crippen molar-refractivity contribution in [1.82, 2.24) is 9.21 Å². The number of thiophene rings is 1. The minimum atomic E-state index is -3.52. The van der Waals surface area contributed by atoms with Gasteiger partial charge in [-0.15, -0.1) is 11.3 Å². The number of rotatable bonds is 5. The van der Waals surface area contributed by atoms with Crippen molar-refractivity contribution in [2.24, 2.45) is 11.8 Å². The zero-order chi connectivity index (χ0) is 19.6. The molecule has 146 valence electrons. The Hall–Kier alpha value is -1.70. The number of nitrogens with zero attached hydrogens (tertiary/aromatic N) is 2. The van der Waals surface area contributed by atoms with E-state index >= 15 is 0 Å². The van der Waals surface area contributed by atoms with E-state index in [4.69, 9.17) is 0 Å². The van der Waals surface area contributed by atoms with Crippen molar-refractivity contribution in [3.05, 3.63) is 52.2 Å². The lowest BCUT2D eigenvalue weighted by atomic mass is 9.94. The summed E-state index contributed by atoms with van der Waals surface area (Å²) in [4.78, 5) is 15.6. The van der Waals surface area contributed by atoms with Crippen LogP contribution in [0.1, 0.15) is 35.5 Å². The van der Waals surface area contributed by atoms with Crippen LogP contribution in [0.25, 0.3) is 0 Å². The van der Waals surface area contributed by atoms with Gasteiger partial charge in [0.05, 0.1) is 11.4 Å². The highest BCUT2D eigenvalue weighted by molar-refractivity contribution is 7.89. The molecule has 0 unspecified atom stereocenters. The molecule has 0 saturated carbocycles. The summed E-state index contributed by atoms with van der Waals surface area (Å²) < 4.78 is 27.4. The Bertz CT molecular complexity index is 866. The van der Waals surface area contributed by atoms with Gasteiger partial charge in [0.25, 0.3) is 5.91 Å². The second-order valence-corrected chi connectivity index (χ2v) is 10.5. The summed E-state index contributed by atoms with van der Waals surface area (Å²) in [5.74, 6) is 0.595. The van der Waals surface area contributed by atoms with Crippen LogP contribution in [0.4, 0.5) is 0 Å². The van der Waals surface area contributed by atoms with E-state index in [2.05, 4.69) is 13.8 Å². The van der Waals surface area contributed by atoms with E-state index < -0.39 is 10.0 Å². The van der Waals surface area contributed by atoms with Crippen LogP contribution in [0.2, 0.25) is 0 Å². The lowest BCUT2D eigenvalue weighted by Gasteiger charge is -2.34. The molecule has 7 heteroatoms. The summed E-state index contributed by atoms with van der Waals surface area (Å²) in [6, 6.07) is 10.3. The molecule has 1 aromatic heterocycles. The predicted molar refractivity (Wildman–Crippen MR) is 108 cm³/mol.